The molecule has 4 rings (SSSR count). The molecule has 0 saturated carbocycles. The number of rotatable bonds is 7. The van der Waals surface area contributed by atoms with E-state index in [1.165, 1.54) is 17.0 Å². The number of nitro benzene ring substituents is 1. The molecule has 35 heavy (non-hydrogen) atoms. The lowest BCUT2D eigenvalue weighted by atomic mass is 10.1. The van der Waals surface area contributed by atoms with Gasteiger partial charge in [-0.1, -0.05) is 42.0 Å². The number of aryl methyl sites for hydroxylation is 1. The average molecular weight is 695 g/mol. The minimum absolute atomic E-state index is 0.0113. The first kappa shape index (κ1) is 25.1. The van der Waals surface area contributed by atoms with E-state index in [1.807, 2.05) is 43.3 Å². The smallest absolute Gasteiger partial charge is 0.329 e. The summed E-state index contributed by atoms with van der Waals surface area (Å²) in [6, 6.07) is 17.2. The van der Waals surface area contributed by atoms with E-state index < -0.39 is 11.0 Å². The van der Waals surface area contributed by atoms with Gasteiger partial charge in [0.05, 0.1) is 18.6 Å². The summed E-state index contributed by atoms with van der Waals surface area (Å²) >= 11 is 4.28. The van der Waals surface area contributed by atoms with Gasteiger partial charge in [-0.2, -0.15) is 0 Å². The maximum absolute atomic E-state index is 12.9. The highest BCUT2D eigenvalue weighted by atomic mass is 127. The Morgan fingerprint density at radius 1 is 1.03 bits per heavy atom. The second kappa shape index (κ2) is 10.7. The summed E-state index contributed by atoms with van der Waals surface area (Å²) in [4.78, 5) is 37.0. The van der Waals surface area contributed by atoms with Gasteiger partial charge >= 0.3 is 6.03 Å². The Hall–Kier alpha value is -3.00. The van der Waals surface area contributed by atoms with Crippen molar-refractivity contribution < 1.29 is 19.2 Å². The number of carbonyl (C=O) groups is 2. The van der Waals surface area contributed by atoms with E-state index in [4.69, 9.17) is 4.74 Å². The van der Waals surface area contributed by atoms with Crippen LogP contribution < -0.4 is 10.1 Å². The summed E-state index contributed by atoms with van der Waals surface area (Å²) in [5.41, 5.74) is 3.62. The topological polar surface area (TPSA) is 102 Å². The summed E-state index contributed by atoms with van der Waals surface area (Å²) < 4.78 is 7.55. The van der Waals surface area contributed by atoms with Crippen LogP contribution in [-0.4, -0.2) is 21.8 Å². The fraction of sp³-hybridized carbons (Fsp3) is 0.120. The van der Waals surface area contributed by atoms with Crippen LogP contribution in [0.2, 0.25) is 0 Å². The summed E-state index contributed by atoms with van der Waals surface area (Å²) in [7, 11) is 0. The predicted molar refractivity (Wildman–Crippen MR) is 148 cm³/mol. The van der Waals surface area contributed by atoms with E-state index >= 15 is 0 Å². The number of nitro groups is 1. The van der Waals surface area contributed by atoms with E-state index in [9.17, 15) is 19.7 Å². The maximum atomic E-state index is 12.9. The van der Waals surface area contributed by atoms with Crippen molar-refractivity contribution in [3.63, 3.8) is 0 Å². The van der Waals surface area contributed by atoms with Crippen LogP contribution in [0, 0.1) is 24.2 Å². The van der Waals surface area contributed by atoms with Crippen LogP contribution in [0.5, 0.6) is 5.75 Å². The van der Waals surface area contributed by atoms with Gasteiger partial charge in [-0.3, -0.25) is 19.8 Å². The number of nitrogens with one attached hydrogen (secondary N) is 1. The molecule has 3 aromatic rings. The van der Waals surface area contributed by atoms with Crippen LogP contribution in [0.1, 0.15) is 22.3 Å². The number of urea groups is 1. The minimum atomic E-state index is -0.455. The van der Waals surface area contributed by atoms with Gasteiger partial charge in [0, 0.05) is 12.1 Å². The van der Waals surface area contributed by atoms with Crippen molar-refractivity contribution in [2.75, 3.05) is 0 Å². The number of benzene rings is 3. The van der Waals surface area contributed by atoms with Gasteiger partial charge in [0.1, 0.15) is 18.1 Å². The average Bonchev–Trinajstić information content (AvgIpc) is 3.07. The molecule has 0 aliphatic carbocycles. The molecular weight excluding hydrogens is 676 g/mol. The lowest BCUT2D eigenvalue weighted by Gasteiger charge is -2.12. The Bertz CT molecular complexity index is 1330. The van der Waals surface area contributed by atoms with Crippen molar-refractivity contribution in [2.24, 2.45) is 0 Å². The Labute approximate surface area is 228 Å². The van der Waals surface area contributed by atoms with Gasteiger partial charge in [-0.05, 0) is 87.0 Å². The molecule has 8 nitrogen and oxygen atoms in total. The maximum Gasteiger partial charge on any atom is 0.329 e. The molecule has 1 N–H and O–H groups in total. The molecule has 3 amide bonds. The normalized spacial score (nSPS) is 14.4. The summed E-state index contributed by atoms with van der Waals surface area (Å²) in [6.45, 7) is 2.35. The molecule has 1 aliphatic rings. The molecule has 1 heterocycles. The van der Waals surface area contributed by atoms with Crippen LogP contribution >= 0.6 is 45.2 Å². The number of hydrogen-bond acceptors (Lipinski definition) is 5. The molecule has 3 aromatic carbocycles. The number of imide groups is 1. The number of nitrogens with zero attached hydrogens (tertiary/aromatic N) is 2. The Balaban J connectivity index is 1.49. The van der Waals surface area contributed by atoms with Crippen LogP contribution in [0.15, 0.2) is 66.4 Å². The van der Waals surface area contributed by atoms with Gasteiger partial charge in [0.2, 0.25) is 0 Å². The summed E-state index contributed by atoms with van der Waals surface area (Å²) in [5, 5.41) is 13.6. The van der Waals surface area contributed by atoms with Crippen molar-refractivity contribution >= 4 is 68.9 Å². The highest BCUT2D eigenvalue weighted by Gasteiger charge is 2.33. The lowest BCUT2D eigenvalue weighted by Crippen LogP contribution is -2.30. The summed E-state index contributed by atoms with van der Waals surface area (Å²) in [6.07, 6.45) is 1.64. The quantitative estimate of drug-likeness (QED) is 0.111. The van der Waals surface area contributed by atoms with E-state index in [0.717, 1.165) is 23.8 Å². The van der Waals surface area contributed by atoms with Crippen LogP contribution in [0.3, 0.4) is 0 Å². The number of halogens is 2. The van der Waals surface area contributed by atoms with Crippen LogP contribution in [0.25, 0.3) is 6.08 Å². The van der Waals surface area contributed by atoms with Gasteiger partial charge < -0.3 is 10.1 Å². The van der Waals surface area contributed by atoms with Crippen molar-refractivity contribution in [3.05, 3.63) is 106 Å². The second-order valence-corrected chi connectivity index (χ2v) is 10.2. The Morgan fingerprint density at radius 2 is 1.71 bits per heavy atom. The zero-order valence-corrected chi connectivity index (χ0v) is 22.8. The fourth-order valence-electron chi connectivity index (χ4n) is 3.47. The molecule has 0 spiro atoms. The van der Waals surface area contributed by atoms with Crippen LogP contribution in [-0.2, 0) is 17.9 Å². The molecule has 0 atom stereocenters. The summed E-state index contributed by atoms with van der Waals surface area (Å²) in [5.74, 6) is 0.259. The first-order valence-electron chi connectivity index (χ1n) is 10.5. The molecule has 0 aromatic heterocycles. The molecule has 10 heteroatoms. The number of hydrogen-bond donors (Lipinski definition) is 1. The van der Waals surface area contributed by atoms with E-state index in [2.05, 4.69) is 50.5 Å². The first-order chi connectivity index (χ1) is 16.7. The molecular formula is C25H19I2N3O5. The monoisotopic (exact) mass is 695 g/mol. The second-order valence-electron chi connectivity index (χ2n) is 7.89. The molecule has 0 radical (unpaired) electrons. The third kappa shape index (κ3) is 5.99. The van der Waals surface area contributed by atoms with Gasteiger partial charge in [-0.25, -0.2) is 4.79 Å². The van der Waals surface area contributed by atoms with E-state index in [0.29, 0.717) is 11.3 Å². The zero-order valence-electron chi connectivity index (χ0n) is 18.5. The number of ether oxygens (including phenoxy) is 1. The molecule has 1 saturated heterocycles. The Morgan fingerprint density at radius 3 is 2.37 bits per heavy atom. The molecule has 0 unspecified atom stereocenters. The third-order valence-electron chi connectivity index (χ3n) is 5.26. The van der Waals surface area contributed by atoms with Crippen molar-refractivity contribution in [1.82, 2.24) is 10.2 Å². The SMILES string of the molecule is Cc1ccc(CN2C(=O)N/C(=C/c3cc(I)c(OCc4cccc([N+](=O)[O-])c4)c(I)c3)C2=O)cc1. The van der Waals surface area contributed by atoms with Gasteiger partial charge in [0.25, 0.3) is 11.6 Å². The number of carbonyl (C=O) groups excluding carboxylic acids is 2. The van der Waals surface area contributed by atoms with Crippen molar-refractivity contribution in [3.8, 4) is 5.75 Å². The standard InChI is InChI=1S/C25H19I2N3O5/c1-15-5-7-16(8-6-15)13-29-24(31)22(28-25(29)32)12-18-10-20(26)23(21(27)11-18)35-14-17-3-2-4-19(9-17)30(33)34/h2-12H,13-14H2,1H3,(H,28,32)/b22-12+. The molecule has 0 bridgehead atoms. The molecule has 178 valence electrons. The highest BCUT2D eigenvalue weighted by Crippen LogP contribution is 2.31. The largest absolute Gasteiger partial charge is 0.487 e. The number of non-ortho nitro benzene ring substituents is 1. The molecule has 1 fully saturated rings. The highest BCUT2D eigenvalue weighted by molar-refractivity contribution is 14.1. The fourth-order valence-corrected chi connectivity index (χ4v) is 5.60. The molecule has 1 aliphatic heterocycles. The van der Waals surface area contributed by atoms with Gasteiger partial charge in [-0.15, -0.1) is 0 Å². The minimum Gasteiger partial charge on any atom is -0.487 e. The number of amides is 3. The Kier molecular flexibility index (Phi) is 7.69. The van der Waals surface area contributed by atoms with Crippen LogP contribution in [0.4, 0.5) is 10.5 Å². The third-order valence-corrected chi connectivity index (χ3v) is 6.86. The van der Waals surface area contributed by atoms with Gasteiger partial charge in [0.15, 0.2) is 0 Å². The lowest BCUT2D eigenvalue weighted by molar-refractivity contribution is -0.384. The van der Waals surface area contributed by atoms with E-state index in [1.54, 1.807) is 18.2 Å². The van der Waals surface area contributed by atoms with E-state index in [-0.39, 0.29) is 30.4 Å². The van der Waals surface area contributed by atoms with Crippen molar-refractivity contribution in [2.45, 2.75) is 20.1 Å². The van der Waals surface area contributed by atoms with Crippen molar-refractivity contribution in [1.29, 1.82) is 0 Å². The first-order valence-corrected chi connectivity index (χ1v) is 12.6. The zero-order chi connectivity index (χ0) is 25.1. The predicted octanol–water partition coefficient (Wildman–Crippen LogP) is 5.78.